The van der Waals surface area contributed by atoms with Gasteiger partial charge in [0.25, 0.3) is 0 Å². The molecule has 0 spiro atoms. The van der Waals surface area contributed by atoms with Gasteiger partial charge in [-0.2, -0.15) is 0 Å². The summed E-state index contributed by atoms with van der Waals surface area (Å²) in [4.78, 5) is 0. The Balaban J connectivity index is 2.34. The summed E-state index contributed by atoms with van der Waals surface area (Å²) in [5.74, 6) is 0. The summed E-state index contributed by atoms with van der Waals surface area (Å²) in [5, 5.41) is -0.959. The number of alkyl halides is 2. The molecule has 1 aliphatic heterocycles. The lowest BCUT2D eigenvalue weighted by molar-refractivity contribution is 0.0751. The van der Waals surface area contributed by atoms with Gasteiger partial charge in [-0.3, -0.25) is 0 Å². The average Bonchev–Trinajstić information content (AvgIpc) is 2.50. The molecule has 1 heterocycles. The molecule has 1 aromatic carbocycles. The zero-order chi connectivity index (χ0) is 9.31. The first-order chi connectivity index (χ1) is 6.23. The monoisotopic (exact) mass is 216 g/mol. The molecule has 0 amide bonds. The molecule has 2 unspecified atom stereocenters. The van der Waals surface area contributed by atoms with Gasteiger partial charge in [-0.1, -0.05) is 41.9 Å². The smallest absolute Gasteiger partial charge is 0.183 e. The minimum absolute atomic E-state index is 0.142. The molecule has 1 aromatic rings. The van der Waals surface area contributed by atoms with Crippen molar-refractivity contribution in [1.29, 1.82) is 0 Å². The predicted octanol–water partition coefficient (Wildman–Crippen LogP) is 3.11. The highest BCUT2D eigenvalue weighted by molar-refractivity contribution is 6.32. The van der Waals surface area contributed by atoms with E-state index < -0.39 is 5.06 Å². The highest BCUT2D eigenvalue weighted by atomic mass is 35.5. The van der Waals surface area contributed by atoms with Gasteiger partial charge in [0.15, 0.2) is 5.06 Å². The van der Waals surface area contributed by atoms with Crippen molar-refractivity contribution in [3.63, 3.8) is 0 Å². The lowest BCUT2D eigenvalue weighted by atomic mass is 10.1. The van der Waals surface area contributed by atoms with Crippen LogP contribution in [0.5, 0.6) is 0 Å². The summed E-state index contributed by atoms with van der Waals surface area (Å²) in [6.45, 7) is 0.632. The van der Waals surface area contributed by atoms with E-state index in [0.717, 1.165) is 12.0 Å². The van der Waals surface area contributed by atoms with Gasteiger partial charge >= 0.3 is 0 Å². The Morgan fingerprint density at radius 3 is 2.54 bits per heavy atom. The second-order valence-corrected chi connectivity index (χ2v) is 4.20. The molecule has 0 aromatic heterocycles. The maximum absolute atomic E-state index is 6.29. The molecule has 2 rings (SSSR count). The Bertz CT molecular complexity index is 288. The van der Waals surface area contributed by atoms with E-state index in [1.807, 2.05) is 30.3 Å². The molecule has 0 saturated carbocycles. The van der Waals surface area contributed by atoms with E-state index in [9.17, 15) is 0 Å². The standard InChI is InChI=1S/C10H10Cl2O/c11-9-6-7-13-10(9,12)8-4-2-1-3-5-8/h1-5,9H,6-7H2. The number of rotatable bonds is 1. The third-order valence-electron chi connectivity index (χ3n) is 2.25. The van der Waals surface area contributed by atoms with Gasteiger partial charge in [-0.05, 0) is 6.42 Å². The maximum atomic E-state index is 6.29. The fraction of sp³-hybridized carbons (Fsp3) is 0.400. The maximum Gasteiger partial charge on any atom is 0.183 e. The summed E-state index contributed by atoms with van der Waals surface area (Å²) >= 11 is 12.4. The predicted molar refractivity (Wildman–Crippen MR) is 54.2 cm³/mol. The number of hydrogen-bond acceptors (Lipinski definition) is 1. The van der Waals surface area contributed by atoms with Crippen molar-refractivity contribution < 1.29 is 4.74 Å². The minimum atomic E-state index is -0.817. The quantitative estimate of drug-likeness (QED) is 0.656. The van der Waals surface area contributed by atoms with Crippen molar-refractivity contribution >= 4 is 23.2 Å². The van der Waals surface area contributed by atoms with Crippen LogP contribution >= 0.6 is 23.2 Å². The van der Waals surface area contributed by atoms with E-state index in [4.69, 9.17) is 27.9 Å². The molecule has 70 valence electrons. The van der Waals surface area contributed by atoms with Gasteiger partial charge in [-0.25, -0.2) is 0 Å². The number of benzene rings is 1. The summed E-state index contributed by atoms with van der Waals surface area (Å²) in [5.41, 5.74) is 0.939. The second-order valence-electron chi connectivity index (χ2n) is 3.12. The normalized spacial score (nSPS) is 33.5. The highest BCUT2D eigenvalue weighted by Gasteiger charge is 2.43. The molecule has 0 bridgehead atoms. The molecule has 0 radical (unpaired) electrons. The fourth-order valence-electron chi connectivity index (χ4n) is 1.52. The van der Waals surface area contributed by atoms with Crippen molar-refractivity contribution in [2.75, 3.05) is 6.61 Å². The molecule has 3 heteroatoms. The van der Waals surface area contributed by atoms with E-state index in [-0.39, 0.29) is 5.38 Å². The summed E-state index contributed by atoms with van der Waals surface area (Å²) < 4.78 is 5.47. The van der Waals surface area contributed by atoms with Gasteiger partial charge in [0.1, 0.15) is 0 Å². The molecular formula is C10H10Cl2O. The SMILES string of the molecule is ClC1CCOC1(Cl)c1ccccc1. The first-order valence-electron chi connectivity index (χ1n) is 4.26. The van der Waals surface area contributed by atoms with E-state index in [1.54, 1.807) is 0 Å². The minimum Gasteiger partial charge on any atom is -0.354 e. The van der Waals surface area contributed by atoms with Crippen molar-refractivity contribution in [3.05, 3.63) is 35.9 Å². The Kier molecular flexibility index (Phi) is 2.50. The van der Waals surface area contributed by atoms with Crippen LogP contribution in [0.4, 0.5) is 0 Å². The molecule has 0 aliphatic carbocycles. The fourth-order valence-corrected chi connectivity index (χ4v) is 2.11. The second kappa shape index (κ2) is 3.49. The number of ether oxygens (including phenoxy) is 1. The third kappa shape index (κ3) is 1.56. The molecule has 1 nitrogen and oxygen atoms in total. The summed E-state index contributed by atoms with van der Waals surface area (Å²) in [6, 6.07) is 9.69. The third-order valence-corrected chi connectivity index (χ3v) is 3.48. The average molecular weight is 217 g/mol. The zero-order valence-electron chi connectivity index (χ0n) is 7.04. The van der Waals surface area contributed by atoms with Crippen molar-refractivity contribution in [2.45, 2.75) is 16.9 Å². The molecule has 1 saturated heterocycles. The molecule has 1 fully saturated rings. The van der Waals surface area contributed by atoms with Crippen LogP contribution < -0.4 is 0 Å². The highest BCUT2D eigenvalue weighted by Crippen LogP contribution is 2.43. The number of hydrogen-bond donors (Lipinski definition) is 0. The lowest BCUT2D eigenvalue weighted by Gasteiger charge is -2.24. The first kappa shape index (κ1) is 9.32. The molecule has 0 N–H and O–H groups in total. The van der Waals surface area contributed by atoms with Crippen molar-refractivity contribution in [3.8, 4) is 0 Å². The van der Waals surface area contributed by atoms with Crippen LogP contribution in [-0.4, -0.2) is 12.0 Å². The van der Waals surface area contributed by atoms with Gasteiger partial charge in [0.05, 0.1) is 12.0 Å². The Hall–Kier alpha value is -0.240. The van der Waals surface area contributed by atoms with Crippen LogP contribution in [0.2, 0.25) is 0 Å². The van der Waals surface area contributed by atoms with E-state index in [2.05, 4.69) is 0 Å². The summed E-state index contributed by atoms with van der Waals surface area (Å²) in [7, 11) is 0. The van der Waals surface area contributed by atoms with Crippen molar-refractivity contribution in [2.24, 2.45) is 0 Å². The van der Waals surface area contributed by atoms with Crippen LogP contribution in [0.1, 0.15) is 12.0 Å². The molecular weight excluding hydrogens is 207 g/mol. The largest absolute Gasteiger partial charge is 0.354 e. The first-order valence-corrected chi connectivity index (χ1v) is 5.07. The Morgan fingerprint density at radius 2 is 2.00 bits per heavy atom. The van der Waals surface area contributed by atoms with E-state index >= 15 is 0 Å². The van der Waals surface area contributed by atoms with Crippen LogP contribution in [0.15, 0.2) is 30.3 Å². The van der Waals surface area contributed by atoms with Gasteiger partial charge in [0, 0.05) is 5.56 Å². The summed E-state index contributed by atoms with van der Waals surface area (Å²) in [6.07, 6.45) is 0.806. The zero-order valence-corrected chi connectivity index (χ0v) is 8.55. The van der Waals surface area contributed by atoms with Crippen molar-refractivity contribution in [1.82, 2.24) is 0 Å². The Labute approximate surface area is 87.6 Å². The number of halogens is 2. The lowest BCUT2D eigenvalue weighted by Crippen LogP contribution is -2.25. The molecule has 13 heavy (non-hydrogen) atoms. The van der Waals surface area contributed by atoms with Crippen LogP contribution in [0.3, 0.4) is 0 Å². The van der Waals surface area contributed by atoms with Crippen LogP contribution in [0.25, 0.3) is 0 Å². The Morgan fingerprint density at radius 1 is 1.31 bits per heavy atom. The molecule has 1 aliphatic rings. The van der Waals surface area contributed by atoms with Crippen LogP contribution in [0, 0.1) is 0 Å². The van der Waals surface area contributed by atoms with E-state index in [0.29, 0.717) is 6.61 Å². The molecule has 2 atom stereocenters. The van der Waals surface area contributed by atoms with Gasteiger partial charge < -0.3 is 4.74 Å². The van der Waals surface area contributed by atoms with Gasteiger partial charge in [-0.15, -0.1) is 11.6 Å². The topological polar surface area (TPSA) is 9.23 Å². The van der Waals surface area contributed by atoms with Crippen LogP contribution in [-0.2, 0) is 9.80 Å². The van der Waals surface area contributed by atoms with Gasteiger partial charge in [0.2, 0.25) is 0 Å². The van der Waals surface area contributed by atoms with E-state index in [1.165, 1.54) is 0 Å².